The maximum Gasteiger partial charge on any atom is 0.335 e. The van der Waals surface area contributed by atoms with Crippen molar-refractivity contribution in [1.82, 2.24) is 5.32 Å². The number of hydrogen-bond donors (Lipinski definition) is 1. The lowest BCUT2D eigenvalue weighted by Gasteiger charge is -2.26. The predicted octanol–water partition coefficient (Wildman–Crippen LogP) is 5.70. The summed E-state index contributed by atoms with van der Waals surface area (Å²) in [7, 11) is 0. The molecule has 35 heavy (non-hydrogen) atoms. The molecule has 3 aromatic carbocycles. The molecule has 0 aliphatic carbocycles. The maximum absolute atomic E-state index is 13.1. The van der Waals surface area contributed by atoms with Gasteiger partial charge in [-0.2, -0.15) is 0 Å². The van der Waals surface area contributed by atoms with Gasteiger partial charge in [0.1, 0.15) is 12.2 Å². The first-order valence-electron chi connectivity index (χ1n) is 10.7. The molecule has 0 bridgehead atoms. The minimum Gasteiger partial charge on any atom is -0.490 e. The van der Waals surface area contributed by atoms with Gasteiger partial charge in [-0.3, -0.25) is 14.9 Å². The van der Waals surface area contributed by atoms with Crippen molar-refractivity contribution in [1.29, 1.82) is 0 Å². The molecule has 1 heterocycles. The molecule has 0 unspecified atom stereocenters. The average molecular weight is 647 g/mol. The molecule has 0 radical (unpaired) electrons. The number of imide groups is 2. The number of anilines is 1. The van der Waals surface area contributed by atoms with Crippen LogP contribution in [0.25, 0.3) is 6.08 Å². The van der Waals surface area contributed by atoms with Crippen molar-refractivity contribution in [3.05, 3.63) is 91.5 Å². The van der Waals surface area contributed by atoms with Crippen LogP contribution in [0.2, 0.25) is 0 Å². The predicted molar refractivity (Wildman–Crippen MR) is 144 cm³/mol. The number of urea groups is 1. The Morgan fingerprint density at radius 3 is 2.43 bits per heavy atom. The Morgan fingerprint density at radius 2 is 1.71 bits per heavy atom. The van der Waals surface area contributed by atoms with E-state index in [0.717, 1.165) is 18.5 Å². The number of hydrogen-bond acceptors (Lipinski definition) is 5. The second kappa shape index (κ2) is 11.0. The van der Waals surface area contributed by atoms with Crippen LogP contribution in [0.4, 0.5) is 10.5 Å². The van der Waals surface area contributed by atoms with Gasteiger partial charge in [0.15, 0.2) is 11.5 Å². The average Bonchev–Trinajstić information content (AvgIpc) is 2.83. The molecule has 1 saturated heterocycles. The van der Waals surface area contributed by atoms with E-state index in [0.29, 0.717) is 36.0 Å². The topological polar surface area (TPSA) is 84.9 Å². The maximum atomic E-state index is 13.1. The second-order valence-electron chi connectivity index (χ2n) is 7.44. The van der Waals surface area contributed by atoms with Crippen molar-refractivity contribution in [3.63, 3.8) is 0 Å². The Morgan fingerprint density at radius 1 is 1.00 bits per heavy atom. The zero-order chi connectivity index (χ0) is 24.9. The fraction of sp³-hybridized carbons (Fsp3) is 0.115. The number of rotatable bonds is 7. The Kier molecular flexibility index (Phi) is 7.86. The van der Waals surface area contributed by atoms with Gasteiger partial charge in [-0.25, -0.2) is 9.69 Å². The summed E-state index contributed by atoms with van der Waals surface area (Å²) in [6.07, 6.45) is 1.45. The van der Waals surface area contributed by atoms with Crippen molar-refractivity contribution in [3.8, 4) is 11.5 Å². The molecule has 3 aromatic rings. The van der Waals surface area contributed by atoms with Crippen LogP contribution in [0.1, 0.15) is 18.1 Å². The lowest BCUT2D eigenvalue weighted by Crippen LogP contribution is -2.54. The Balaban J connectivity index is 1.66. The molecule has 0 saturated carbocycles. The van der Waals surface area contributed by atoms with Crippen LogP contribution in [0, 0.1) is 3.57 Å². The van der Waals surface area contributed by atoms with Crippen LogP contribution in [0.15, 0.2) is 76.8 Å². The summed E-state index contributed by atoms with van der Waals surface area (Å²) in [5.41, 5.74) is 1.75. The fourth-order valence-corrected chi connectivity index (χ4v) is 4.66. The summed E-state index contributed by atoms with van der Waals surface area (Å²) in [5, 5.41) is 2.23. The minimum atomic E-state index is -0.788. The van der Waals surface area contributed by atoms with Gasteiger partial charge in [0.25, 0.3) is 11.8 Å². The Labute approximate surface area is 224 Å². The highest BCUT2D eigenvalue weighted by molar-refractivity contribution is 14.1. The van der Waals surface area contributed by atoms with Gasteiger partial charge < -0.3 is 9.47 Å². The van der Waals surface area contributed by atoms with Gasteiger partial charge in [-0.1, -0.05) is 52.3 Å². The first-order valence-corrected chi connectivity index (χ1v) is 12.5. The molecule has 7 nitrogen and oxygen atoms in total. The van der Waals surface area contributed by atoms with E-state index >= 15 is 0 Å². The highest BCUT2D eigenvalue weighted by Crippen LogP contribution is 2.36. The van der Waals surface area contributed by atoms with Crippen molar-refractivity contribution in [2.24, 2.45) is 0 Å². The van der Waals surface area contributed by atoms with Crippen LogP contribution in [0.5, 0.6) is 11.5 Å². The highest BCUT2D eigenvalue weighted by Gasteiger charge is 2.36. The monoisotopic (exact) mass is 646 g/mol. The number of ether oxygens (including phenoxy) is 2. The number of carbonyl (C=O) groups excluding carboxylic acids is 3. The van der Waals surface area contributed by atoms with Crippen molar-refractivity contribution in [2.45, 2.75) is 13.5 Å². The van der Waals surface area contributed by atoms with Crippen molar-refractivity contribution < 1.29 is 23.9 Å². The summed E-state index contributed by atoms with van der Waals surface area (Å²) in [4.78, 5) is 39.0. The van der Waals surface area contributed by atoms with Crippen molar-refractivity contribution >= 4 is 68.1 Å². The summed E-state index contributed by atoms with van der Waals surface area (Å²) < 4.78 is 13.6. The molecular weight excluding hydrogens is 627 g/mol. The van der Waals surface area contributed by atoms with Gasteiger partial charge >= 0.3 is 6.03 Å². The fourth-order valence-electron chi connectivity index (χ4n) is 3.48. The molecule has 1 aliphatic rings. The largest absolute Gasteiger partial charge is 0.490 e. The molecule has 1 N–H and O–H groups in total. The van der Waals surface area contributed by atoms with Crippen molar-refractivity contribution in [2.75, 3.05) is 11.5 Å². The third-order valence-corrected chi connectivity index (χ3v) is 6.66. The molecule has 1 fully saturated rings. The van der Waals surface area contributed by atoms with Crippen LogP contribution < -0.4 is 19.7 Å². The molecule has 0 atom stereocenters. The normalized spacial score (nSPS) is 14.8. The molecule has 178 valence electrons. The highest BCUT2D eigenvalue weighted by atomic mass is 127. The summed E-state index contributed by atoms with van der Waals surface area (Å²) in [6.45, 7) is 2.58. The molecule has 9 heteroatoms. The first-order chi connectivity index (χ1) is 16.9. The van der Waals surface area contributed by atoms with E-state index in [1.54, 1.807) is 42.5 Å². The van der Waals surface area contributed by atoms with Gasteiger partial charge in [0, 0.05) is 10.0 Å². The lowest BCUT2D eigenvalue weighted by molar-refractivity contribution is -0.122. The summed E-state index contributed by atoms with van der Waals surface area (Å²) in [6, 6.07) is 18.9. The number of carbonyl (C=O) groups is 3. The van der Waals surface area contributed by atoms with E-state index in [2.05, 4.69) is 43.8 Å². The molecule has 4 rings (SSSR count). The zero-order valence-electron chi connectivity index (χ0n) is 18.6. The first kappa shape index (κ1) is 24.9. The smallest absolute Gasteiger partial charge is 0.335 e. The van der Waals surface area contributed by atoms with E-state index in [9.17, 15) is 14.4 Å². The standard InChI is InChI=1S/C26H20BrIN2O5/c1-2-34-22-14-16(13-21(28)23(22)35-15-17-8-6-7-11-20(17)27)12-19-24(31)29-26(33)30(25(19)32)18-9-4-3-5-10-18/h3-14H,2,15H2,1H3,(H,29,31,33)/b19-12+. The SMILES string of the molecule is CCOc1cc(/C=C2\C(=O)NC(=O)N(c3ccccc3)C2=O)cc(I)c1OCc1ccccc1Br. The third kappa shape index (κ3) is 5.57. The van der Waals surface area contributed by atoms with Gasteiger partial charge in [0.05, 0.1) is 15.9 Å². The Hall–Kier alpha value is -3.18. The summed E-state index contributed by atoms with van der Waals surface area (Å²) >= 11 is 5.65. The van der Waals surface area contributed by atoms with Crippen LogP contribution in [-0.2, 0) is 16.2 Å². The van der Waals surface area contributed by atoms with Crippen LogP contribution >= 0.6 is 38.5 Å². The third-order valence-electron chi connectivity index (χ3n) is 5.09. The number of barbiturate groups is 1. The number of benzene rings is 3. The van der Waals surface area contributed by atoms with E-state index in [1.807, 2.05) is 31.2 Å². The lowest BCUT2D eigenvalue weighted by atomic mass is 10.1. The van der Waals surface area contributed by atoms with Gasteiger partial charge in [-0.15, -0.1) is 0 Å². The number of amides is 4. The van der Waals surface area contributed by atoms with Gasteiger partial charge in [-0.05, 0) is 71.5 Å². The molecule has 0 spiro atoms. The number of halogens is 2. The molecule has 4 amide bonds. The van der Waals surface area contributed by atoms with Gasteiger partial charge in [0.2, 0.25) is 0 Å². The van der Waals surface area contributed by atoms with E-state index in [1.165, 1.54) is 6.08 Å². The number of nitrogens with zero attached hydrogens (tertiary/aromatic N) is 1. The molecule has 1 aliphatic heterocycles. The number of para-hydroxylation sites is 1. The van der Waals surface area contributed by atoms with Crippen LogP contribution in [0.3, 0.4) is 0 Å². The molecule has 0 aromatic heterocycles. The zero-order valence-corrected chi connectivity index (χ0v) is 22.3. The quantitative estimate of drug-likeness (QED) is 0.202. The minimum absolute atomic E-state index is 0.159. The van der Waals surface area contributed by atoms with E-state index in [4.69, 9.17) is 9.47 Å². The second-order valence-corrected chi connectivity index (χ2v) is 9.45. The Bertz CT molecular complexity index is 1330. The van der Waals surface area contributed by atoms with E-state index in [-0.39, 0.29) is 5.57 Å². The number of nitrogens with one attached hydrogen (secondary N) is 1. The van der Waals surface area contributed by atoms with Crippen LogP contribution in [-0.4, -0.2) is 24.5 Å². The van der Waals surface area contributed by atoms with E-state index < -0.39 is 17.8 Å². The summed E-state index contributed by atoms with van der Waals surface area (Å²) in [5.74, 6) is -0.412. The molecular formula is C26H20BrIN2O5.